The van der Waals surface area contributed by atoms with E-state index in [1.54, 1.807) is 0 Å². The van der Waals surface area contributed by atoms with E-state index >= 15 is 0 Å². The van der Waals surface area contributed by atoms with Crippen LogP contribution in [0.15, 0.2) is 36.4 Å². The van der Waals surface area contributed by atoms with Crippen molar-refractivity contribution in [3.63, 3.8) is 0 Å². The number of Topliss-reactive ketones (excluding diaryl/α,β-unsaturated/α-hetero) is 1. The Morgan fingerprint density at radius 2 is 1.78 bits per heavy atom. The van der Waals surface area contributed by atoms with Gasteiger partial charge in [-0.15, -0.1) is 0 Å². The normalized spacial score (nSPS) is 24.0. The highest BCUT2D eigenvalue weighted by molar-refractivity contribution is 5.85. The molecule has 4 atom stereocenters. The lowest BCUT2D eigenvalue weighted by atomic mass is 9.84. The van der Waals surface area contributed by atoms with Gasteiger partial charge in [0.25, 0.3) is 0 Å². The number of aliphatic hydroxyl groups is 2. The van der Waals surface area contributed by atoms with E-state index in [9.17, 15) is 15.0 Å². The largest absolute Gasteiger partial charge is 0.392 e. The van der Waals surface area contributed by atoms with Crippen LogP contribution >= 0.6 is 0 Å². The van der Waals surface area contributed by atoms with Crippen molar-refractivity contribution >= 4 is 5.78 Å². The van der Waals surface area contributed by atoms with Gasteiger partial charge in [-0.1, -0.05) is 82.4 Å². The van der Waals surface area contributed by atoms with Gasteiger partial charge in [-0.05, 0) is 30.4 Å². The Labute approximate surface area is 164 Å². The van der Waals surface area contributed by atoms with Gasteiger partial charge < -0.3 is 10.2 Å². The van der Waals surface area contributed by atoms with Gasteiger partial charge in [-0.3, -0.25) is 4.79 Å². The number of unbranched alkanes of at least 4 members (excludes halogenated alkanes) is 4. The van der Waals surface area contributed by atoms with Crippen LogP contribution in [0.4, 0.5) is 0 Å². The lowest BCUT2D eigenvalue weighted by molar-refractivity contribution is -0.121. The molecule has 150 valence electrons. The van der Waals surface area contributed by atoms with Crippen molar-refractivity contribution in [2.75, 3.05) is 0 Å². The van der Waals surface area contributed by atoms with Gasteiger partial charge in [0.15, 0.2) is 0 Å². The summed E-state index contributed by atoms with van der Waals surface area (Å²) in [5.74, 6) is -0.117. The van der Waals surface area contributed by atoms with Crippen LogP contribution < -0.4 is 0 Å². The summed E-state index contributed by atoms with van der Waals surface area (Å²) < 4.78 is 0. The van der Waals surface area contributed by atoms with Gasteiger partial charge in [0, 0.05) is 18.3 Å². The molecule has 0 aromatic heterocycles. The third-order valence-corrected chi connectivity index (χ3v) is 5.74. The fourth-order valence-corrected chi connectivity index (χ4v) is 4.06. The van der Waals surface area contributed by atoms with Gasteiger partial charge in [-0.25, -0.2) is 0 Å². The van der Waals surface area contributed by atoms with E-state index in [1.807, 2.05) is 24.3 Å². The average molecular weight is 373 g/mol. The van der Waals surface area contributed by atoms with Crippen molar-refractivity contribution in [3.05, 3.63) is 47.5 Å². The predicted molar refractivity (Wildman–Crippen MR) is 111 cm³/mol. The van der Waals surface area contributed by atoms with Crippen molar-refractivity contribution in [2.24, 2.45) is 5.92 Å². The Morgan fingerprint density at radius 1 is 1.07 bits per heavy atom. The Morgan fingerprint density at radius 3 is 2.44 bits per heavy atom. The molecule has 0 aliphatic heterocycles. The number of allylic oxidation sites excluding steroid dienone is 2. The van der Waals surface area contributed by atoms with Crippen LogP contribution in [-0.2, 0) is 4.79 Å². The molecule has 0 radical (unpaired) electrons. The molecule has 0 amide bonds. The Hall–Kier alpha value is -1.45. The van der Waals surface area contributed by atoms with E-state index in [0.717, 1.165) is 43.2 Å². The Balaban J connectivity index is 2.02. The molecule has 27 heavy (non-hydrogen) atoms. The maximum absolute atomic E-state index is 12.4. The third-order valence-electron chi connectivity index (χ3n) is 5.74. The minimum atomic E-state index is -0.605. The highest BCUT2D eigenvalue weighted by Crippen LogP contribution is 2.40. The summed E-state index contributed by atoms with van der Waals surface area (Å²) in [5, 5.41) is 20.8. The van der Waals surface area contributed by atoms with E-state index in [0.29, 0.717) is 6.42 Å². The summed E-state index contributed by atoms with van der Waals surface area (Å²) in [5.41, 5.74) is 1.93. The first-order chi connectivity index (χ1) is 13.1. The van der Waals surface area contributed by atoms with Crippen LogP contribution in [0.1, 0.15) is 94.8 Å². The molecule has 3 heteroatoms. The van der Waals surface area contributed by atoms with Crippen LogP contribution in [0, 0.1) is 5.92 Å². The molecule has 1 aromatic carbocycles. The molecular formula is C24H36O3. The zero-order valence-electron chi connectivity index (χ0n) is 16.9. The standard InChI is InChI=1S/C24H36O3/c1-3-5-7-8-10-11-20-22(26)17-23(27)24(20)19-15-13-18(14-16-19)21(25)12-9-6-4-2/h8,10,13-16,20-21,23-25,27H,3-7,9,11-12,17H2,1-2H3/t20-,21?,23+,24+/m0/s1. The second-order valence-electron chi connectivity index (χ2n) is 7.90. The lowest BCUT2D eigenvalue weighted by Gasteiger charge is -2.21. The Kier molecular flexibility index (Phi) is 9.23. The maximum Gasteiger partial charge on any atom is 0.139 e. The summed E-state index contributed by atoms with van der Waals surface area (Å²) in [6.45, 7) is 4.33. The first kappa shape index (κ1) is 21.8. The minimum absolute atomic E-state index is 0.139. The van der Waals surface area contributed by atoms with Gasteiger partial charge in [0.2, 0.25) is 0 Å². The summed E-state index contributed by atoms with van der Waals surface area (Å²) in [7, 11) is 0. The number of rotatable bonds is 11. The van der Waals surface area contributed by atoms with Crippen LogP contribution in [0.5, 0.6) is 0 Å². The van der Waals surface area contributed by atoms with E-state index in [-0.39, 0.29) is 24.0 Å². The number of carbonyl (C=O) groups excluding carboxylic acids is 1. The number of aliphatic hydroxyl groups excluding tert-OH is 2. The zero-order chi connectivity index (χ0) is 19.6. The molecule has 2 N–H and O–H groups in total. The van der Waals surface area contributed by atoms with Crippen LogP contribution in [0.25, 0.3) is 0 Å². The molecule has 1 aromatic rings. The van der Waals surface area contributed by atoms with E-state index in [1.165, 1.54) is 12.8 Å². The molecule has 3 nitrogen and oxygen atoms in total. The molecule has 0 heterocycles. The summed E-state index contributed by atoms with van der Waals surface area (Å²) in [6.07, 6.45) is 11.7. The van der Waals surface area contributed by atoms with E-state index < -0.39 is 12.2 Å². The molecular weight excluding hydrogens is 336 g/mol. The maximum atomic E-state index is 12.4. The molecule has 0 bridgehead atoms. The summed E-state index contributed by atoms with van der Waals surface area (Å²) >= 11 is 0. The second-order valence-corrected chi connectivity index (χ2v) is 7.90. The molecule has 2 rings (SSSR count). The number of hydrogen-bond acceptors (Lipinski definition) is 3. The van der Waals surface area contributed by atoms with Crippen LogP contribution in [0.3, 0.4) is 0 Å². The van der Waals surface area contributed by atoms with Gasteiger partial charge in [0.1, 0.15) is 5.78 Å². The quantitative estimate of drug-likeness (QED) is 0.400. The van der Waals surface area contributed by atoms with Crippen molar-refractivity contribution in [3.8, 4) is 0 Å². The number of ketones is 1. The fraction of sp³-hybridized carbons (Fsp3) is 0.625. The molecule has 1 fully saturated rings. The van der Waals surface area contributed by atoms with Crippen molar-refractivity contribution in [1.29, 1.82) is 0 Å². The van der Waals surface area contributed by atoms with Crippen molar-refractivity contribution < 1.29 is 15.0 Å². The van der Waals surface area contributed by atoms with Crippen LogP contribution in [0.2, 0.25) is 0 Å². The highest BCUT2D eigenvalue weighted by atomic mass is 16.3. The summed E-state index contributed by atoms with van der Waals surface area (Å²) in [6, 6.07) is 7.88. The van der Waals surface area contributed by atoms with Crippen LogP contribution in [-0.4, -0.2) is 22.1 Å². The lowest BCUT2D eigenvalue weighted by Crippen LogP contribution is -2.18. The molecule has 1 saturated carbocycles. The van der Waals surface area contributed by atoms with Gasteiger partial charge in [0.05, 0.1) is 12.2 Å². The molecule has 1 unspecified atom stereocenters. The molecule has 0 saturated heterocycles. The summed E-state index contributed by atoms with van der Waals surface area (Å²) in [4.78, 5) is 12.4. The topological polar surface area (TPSA) is 57.5 Å². The second kappa shape index (κ2) is 11.4. The molecule has 1 aliphatic rings. The SMILES string of the molecule is CCCCC=CC[C@H]1C(=O)C[C@@H](O)[C@@H]1c1ccc(C(O)CCCCC)cc1. The van der Waals surface area contributed by atoms with Crippen molar-refractivity contribution in [2.45, 2.75) is 89.8 Å². The number of benzene rings is 1. The first-order valence-electron chi connectivity index (χ1n) is 10.7. The highest BCUT2D eigenvalue weighted by Gasteiger charge is 2.41. The zero-order valence-corrected chi connectivity index (χ0v) is 16.9. The third kappa shape index (κ3) is 6.29. The van der Waals surface area contributed by atoms with Gasteiger partial charge >= 0.3 is 0 Å². The smallest absolute Gasteiger partial charge is 0.139 e. The first-order valence-corrected chi connectivity index (χ1v) is 10.7. The average Bonchev–Trinajstić information content (AvgIpc) is 2.95. The van der Waals surface area contributed by atoms with Gasteiger partial charge in [-0.2, -0.15) is 0 Å². The van der Waals surface area contributed by atoms with E-state index in [2.05, 4.69) is 26.0 Å². The number of carbonyl (C=O) groups is 1. The Bertz CT molecular complexity index is 590. The van der Waals surface area contributed by atoms with Crippen molar-refractivity contribution in [1.82, 2.24) is 0 Å². The number of hydrogen-bond donors (Lipinski definition) is 2. The molecule has 0 spiro atoms. The van der Waals surface area contributed by atoms with E-state index in [4.69, 9.17) is 0 Å². The molecule has 1 aliphatic carbocycles. The fourth-order valence-electron chi connectivity index (χ4n) is 4.06. The predicted octanol–water partition coefficient (Wildman–Crippen LogP) is 5.47. The minimum Gasteiger partial charge on any atom is -0.392 e. The monoisotopic (exact) mass is 372 g/mol.